The summed E-state index contributed by atoms with van der Waals surface area (Å²) in [6, 6.07) is 0. The van der Waals surface area contributed by atoms with Gasteiger partial charge in [0.1, 0.15) is 6.61 Å². The SMILES string of the molecule is C=CCO.CC(=O)CO.CCCCCCCCO. The van der Waals surface area contributed by atoms with Gasteiger partial charge in [-0.1, -0.05) is 45.1 Å². The van der Waals surface area contributed by atoms with Gasteiger partial charge in [0.25, 0.3) is 0 Å². The molecule has 0 heterocycles. The molecule has 4 nitrogen and oxygen atoms in total. The third-order valence-electron chi connectivity index (χ3n) is 1.86. The van der Waals surface area contributed by atoms with Crippen molar-refractivity contribution in [2.24, 2.45) is 0 Å². The number of aliphatic hydroxyl groups excluding tert-OH is 3. The zero-order valence-electron chi connectivity index (χ0n) is 11.9. The minimum absolute atomic E-state index is 0.0833. The lowest BCUT2D eigenvalue weighted by atomic mass is 10.1. The van der Waals surface area contributed by atoms with Crippen molar-refractivity contribution in [3.05, 3.63) is 12.7 Å². The summed E-state index contributed by atoms with van der Waals surface area (Å²) >= 11 is 0. The van der Waals surface area contributed by atoms with Crippen LogP contribution < -0.4 is 0 Å². The van der Waals surface area contributed by atoms with Crippen LogP contribution in [0.1, 0.15) is 52.4 Å². The minimum Gasteiger partial charge on any atom is -0.396 e. The van der Waals surface area contributed by atoms with Crippen molar-refractivity contribution in [1.29, 1.82) is 0 Å². The van der Waals surface area contributed by atoms with Crippen molar-refractivity contribution in [2.75, 3.05) is 19.8 Å². The first-order valence-corrected chi connectivity index (χ1v) is 6.53. The van der Waals surface area contributed by atoms with Gasteiger partial charge in [-0.3, -0.25) is 4.79 Å². The smallest absolute Gasteiger partial charge is 0.155 e. The summed E-state index contributed by atoms with van der Waals surface area (Å²) in [5.74, 6) is -0.190. The maximum absolute atomic E-state index is 9.56. The number of rotatable bonds is 8. The highest BCUT2D eigenvalue weighted by atomic mass is 16.3. The van der Waals surface area contributed by atoms with Crippen molar-refractivity contribution < 1.29 is 20.1 Å². The Morgan fingerprint density at radius 2 is 1.44 bits per heavy atom. The Kier molecular flexibility index (Phi) is 31.5. The van der Waals surface area contributed by atoms with E-state index in [2.05, 4.69) is 13.5 Å². The molecule has 0 atom stereocenters. The van der Waals surface area contributed by atoms with Gasteiger partial charge < -0.3 is 15.3 Å². The molecule has 0 aliphatic heterocycles. The summed E-state index contributed by atoms with van der Waals surface area (Å²) in [5.41, 5.74) is 0. The van der Waals surface area contributed by atoms with Crippen LogP contribution in [0.15, 0.2) is 12.7 Å². The molecule has 4 heteroatoms. The average molecular weight is 262 g/mol. The second-order valence-corrected chi connectivity index (χ2v) is 3.82. The van der Waals surface area contributed by atoms with Crippen LogP contribution in [0.2, 0.25) is 0 Å². The highest BCUT2D eigenvalue weighted by Crippen LogP contribution is 2.03. The molecule has 0 aromatic carbocycles. The normalized spacial score (nSPS) is 8.50. The molecule has 0 saturated heterocycles. The van der Waals surface area contributed by atoms with Gasteiger partial charge in [0, 0.05) is 6.61 Å². The molecule has 0 radical (unpaired) electrons. The van der Waals surface area contributed by atoms with Crippen molar-refractivity contribution in [1.82, 2.24) is 0 Å². The fraction of sp³-hybridized carbons (Fsp3) is 0.786. The molecule has 110 valence electrons. The summed E-state index contributed by atoms with van der Waals surface area (Å²) in [6.45, 7) is 6.89. The third kappa shape index (κ3) is 45.4. The van der Waals surface area contributed by atoms with Crippen LogP contribution in [0.3, 0.4) is 0 Å². The number of hydrogen-bond donors (Lipinski definition) is 3. The summed E-state index contributed by atoms with van der Waals surface area (Å²) in [5, 5.41) is 24.0. The maximum atomic E-state index is 9.56. The lowest BCUT2D eigenvalue weighted by molar-refractivity contribution is -0.119. The second-order valence-electron chi connectivity index (χ2n) is 3.82. The Morgan fingerprint density at radius 1 is 1.06 bits per heavy atom. The van der Waals surface area contributed by atoms with Crippen LogP contribution in [0.5, 0.6) is 0 Å². The van der Waals surface area contributed by atoms with Crippen LogP contribution >= 0.6 is 0 Å². The first kappa shape index (κ1) is 22.5. The average Bonchev–Trinajstić information content (AvgIpc) is 2.39. The molecule has 0 saturated carbocycles. The molecular formula is C14H30O4. The van der Waals surface area contributed by atoms with E-state index < -0.39 is 0 Å². The van der Waals surface area contributed by atoms with Crippen LogP contribution in [0, 0.1) is 0 Å². The van der Waals surface area contributed by atoms with E-state index in [-0.39, 0.29) is 19.0 Å². The molecule has 18 heavy (non-hydrogen) atoms. The number of hydrogen-bond acceptors (Lipinski definition) is 4. The van der Waals surface area contributed by atoms with E-state index in [1.54, 1.807) is 0 Å². The van der Waals surface area contributed by atoms with Gasteiger partial charge in [-0.25, -0.2) is 0 Å². The number of carbonyl (C=O) groups is 1. The van der Waals surface area contributed by atoms with Crippen molar-refractivity contribution in [3.8, 4) is 0 Å². The van der Waals surface area contributed by atoms with E-state index in [4.69, 9.17) is 15.3 Å². The molecule has 3 N–H and O–H groups in total. The van der Waals surface area contributed by atoms with E-state index in [9.17, 15) is 4.79 Å². The standard InChI is InChI=1S/C8H18O.C3H6O2.C3H6O/c1-2-3-4-5-6-7-8-9;1-3(5)2-4;1-2-3-4/h9H,2-8H2,1H3;4H,2H2,1H3;2,4H,1,3H2. The number of Topliss-reactive ketones (excluding diaryl/α,β-unsaturated/α-hetero) is 1. The van der Waals surface area contributed by atoms with Gasteiger partial charge in [0.15, 0.2) is 5.78 Å². The predicted octanol–water partition coefficient (Wildman–Crippen LogP) is 2.07. The summed E-state index contributed by atoms with van der Waals surface area (Å²) < 4.78 is 0. The lowest BCUT2D eigenvalue weighted by Gasteiger charge is -1.95. The molecule has 0 aromatic heterocycles. The first-order valence-electron chi connectivity index (χ1n) is 6.53. The van der Waals surface area contributed by atoms with Gasteiger partial charge in [-0.05, 0) is 13.3 Å². The first-order chi connectivity index (χ1) is 8.60. The number of carbonyl (C=O) groups excluding carboxylic acids is 1. The Balaban J connectivity index is -0.000000212. The van der Waals surface area contributed by atoms with Gasteiger partial charge in [-0.15, -0.1) is 6.58 Å². The molecule has 0 unspecified atom stereocenters. The highest BCUT2D eigenvalue weighted by Gasteiger charge is 1.86. The molecule has 0 aliphatic rings. The Bertz CT molecular complexity index is 152. The molecule has 0 aromatic rings. The molecule has 0 spiro atoms. The molecular weight excluding hydrogens is 232 g/mol. The van der Waals surface area contributed by atoms with Crippen LogP contribution in [0.4, 0.5) is 0 Å². The Hall–Kier alpha value is -0.710. The second kappa shape index (κ2) is 25.2. The summed E-state index contributed by atoms with van der Waals surface area (Å²) in [6.07, 6.45) is 8.93. The summed E-state index contributed by atoms with van der Waals surface area (Å²) in [7, 11) is 0. The lowest BCUT2D eigenvalue weighted by Crippen LogP contribution is -1.93. The molecule has 0 bridgehead atoms. The highest BCUT2D eigenvalue weighted by molar-refractivity contribution is 5.76. The maximum Gasteiger partial charge on any atom is 0.155 e. The van der Waals surface area contributed by atoms with Gasteiger partial charge in [0.05, 0.1) is 6.61 Å². The van der Waals surface area contributed by atoms with Crippen LogP contribution in [-0.2, 0) is 4.79 Å². The molecule has 0 amide bonds. The van der Waals surface area contributed by atoms with Crippen molar-refractivity contribution in [3.63, 3.8) is 0 Å². The van der Waals surface area contributed by atoms with Crippen molar-refractivity contribution >= 4 is 5.78 Å². The van der Waals surface area contributed by atoms with E-state index in [1.807, 2.05) is 0 Å². The fourth-order valence-corrected chi connectivity index (χ4v) is 0.892. The molecule has 0 aliphatic carbocycles. The Morgan fingerprint density at radius 3 is 1.72 bits per heavy atom. The number of aliphatic hydroxyl groups is 3. The predicted molar refractivity (Wildman–Crippen MR) is 75.5 cm³/mol. The van der Waals surface area contributed by atoms with Crippen LogP contribution in [0.25, 0.3) is 0 Å². The zero-order chi connectivity index (χ0) is 14.6. The largest absolute Gasteiger partial charge is 0.396 e. The van der Waals surface area contributed by atoms with E-state index in [0.717, 1.165) is 6.42 Å². The van der Waals surface area contributed by atoms with E-state index in [1.165, 1.54) is 45.1 Å². The van der Waals surface area contributed by atoms with E-state index >= 15 is 0 Å². The van der Waals surface area contributed by atoms with Gasteiger partial charge in [0.2, 0.25) is 0 Å². The van der Waals surface area contributed by atoms with Gasteiger partial charge >= 0.3 is 0 Å². The topological polar surface area (TPSA) is 77.8 Å². The number of unbranched alkanes of at least 4 members (excludes halogenated alkanes) is 5. The molecule has 0 rings (SSSR count). The van der Waals surface area contributed by atoms with E-state index in [0.29, 0.717) is 6.61 Å². The fourth-order valence-electron chi connectivity index (χ4n) is 0.892. The number of ketones is 1. The zero-order valence-corrected chi connectivity index (χ0v) is 11.9. The quantitative estimate of drug-likeness (QED) is 0.462. The third-order valence-corrected chi connectivity index (χ3v) is 1.86. The minimum atomic E-state index is -0.333. The van der Waals surface area contributed by atoms with Gasteiger partial charge in [-0.2, -0.15) is 0 Å². The summed E-state index contributed by atoms with van der Waals surface area (Å²) in [4.78, 5) is 9.56. The van der Waals surface area contributed by atoms with Crippen LogP contribution in [-0.4, -0.2) is 40.9 Å². The van der Waals surface area contributed by atoms with Crippen molar-refractivity contribution in [2.45, 2.75) is 52.4 Å². The molecule has 0 fully saturated rings. The monoisotopic (exact) mass is 262 g/mol. The Labute approximate surface area is 111 Å².